The number of halogens is 1. The van der Waals surface area contributed by atoms with Crippen molar-refractivity contribution in [3.05, 3.63) is 29.8 Å². The number of hydrogen-bond donors (Lipinski definition) is 1. The predicted octanol–water partition coefficient (Wildman–Crippen LogP) is 3.80. The molecule has 0 spiro atoms. The summed E-state index contributed by atoms with van der Waals surface area (Å²) in [4.78, 5) is 4.59. The first-order valence-electron chi connectivity index (χ1n) is 6.14. The van der Waals surface area contributed by atoms with Crippen LogP contribution < -0.4 is 10.1 Å². The fourth-order valence-corrected chi connectivity index (χ4v) is 2.08. The second-order valence-electron chi connectivity index (χ2n) is 3.95. The Morgan fingerprint density at radius 3 is 2.78 bits per heavy atom. The van der Waals surface area contributed by atoms with E-state index in [2.05, 4.69) is 16.4 Å². The Balaban J connectivity index is 2.49. The van der Waals surface area contributed by atoms with E-state index >= 15 is 0 Å². The lowest BCUT2D eigenvalue weighted by atomic mass is 10.1. The first kappa shape index (κ1) is 13.0. The molecule has 0 saturated carbocycles. The molecule has 0 aliphatic rings. The molecule has 2 rings (SSSR count). The van der Waals surface area contributed by atoms with E-state index in [1.54, 1.807) is 0 Å². The molecule has 1 aromatic heterocycles. The molecular formula is C14H17ClN2O. The fraction of sp³-hybridized carbons (Fsp3) is 0.357. The van der Waals surface area contributed by atoms with Gasteiger partial charge >= 0.3 is 0 Å². The van der Waals surface area contributed by atoms with Gasteiger partial charge in [0, 0.05) is 17.5 Å². The van der Waals surface area contributed by atoms with E-state index in [0.29, 0.717) is 12.5 Å². The predicted molar refractivity (Wildman–Crippen MR) is 76.6 cm³/mol. The Bertz CT molecular complexity index is 543. The topological polar surface area (TPSA) is 34.2 Å². The zero-order chi connectivity index (χ0) is 13.0. The minimum Gasteiger partial charge on any atom is -0.494 e. The standard InChI is InChI=1S/C14H17ClN2O/c1-3-16-14-11(9-15)7-10-8-12(18-4-2)5-6-13(10)17-14/h5-8H,3-4,9H2,1-2H3,(H,16,17). The second-order valence-corrected chi connectivity index (χ2v) is 4.21. The Kier molecular flexibility index (Phi) is 4.26. The van der Waals surface area contributed by atoms with E-state index in [4.69, 9.17) is 16.3 Å². The van der Waals surface area contributed by atoms with E-state index in [1.165, 1.54) is 0 Å². The average Bonchev–Trinajstić information content (AvgIpc) is 2.39. The van der Waals surface area contributed by atoms with E-state index in [0.717, 1.165) is 34.6 Å². The van der Waals surface area contributed by atoms with Gasteiger partial charge in [-0.15, -0.1) is 11.6 Å². The number of pyridine rings is 1. The molecule has 2 aromatic rings. The number of ether oxygens (including phenoxy) is 1. The van der Waals surface area contributed by atoms with Gasteiger partial charge in [-0.1, -0.05) is 0 Å². The largest absolute Gasteiger partial charge is 0.494 e. The molecule has 96 valence electrons. The molecule has 18 heavy (non-hydrogen) atoms. The minimum atomic E-state index is 0.449. The van der Waals surface area contributed by atoms with Gasteiger partial charge in [0.05, 0.1) is 18.0 Å². The van der Waals surface area contributed by atoms with Crippen molar-refractivity contribution in [3.63, 3.8) is 0 Å². The normalized spacial score (nSPS) is 10.6. The van der Waals surface area contributed by atoms with Crippen LogP contribution in [0.4, 0.5) is 5.82 Å². The lowest BCUT2D eigenvalue weighted by molar-refractivity contribution is 0.340. The zero-order valence-electron chi connectivity index (χ0n) is 10.7. The smallest absolute Gasteiger partial charge is 0.131 e. The van der Waals surface area contributed by atoms with Gasteiger partial charge in [0.15, 0.2) is 0 Å². The highest BCUT2D eigenvalue weighted by atomic mass is 35.5. The van der Waals surface area contributed by atoms with Gasteiger partial charge in [-0.25, -0.2) is 4.98 Å². The summed E-state index contributed by atoms with van der Waals surface area (Å²) >= 11 is 5.96. The number of fused-ring (bicyclic) bond motifs is 1. The maximum Gasteiger partial charge on any atom is 0.131 e. The van der Waals surface area contributed by atoms with Crippen LogP contribution in [0.25, 0.3) is 10.9 Å². The van der Waals surface area contributed by atoms with Crippen LogP contribution in [0.3, 0.4) is 0 Å². The molecule has 3 nitrogen and oxygen atoms in total. The van der Waals surface area contributed by atoms with Gasteiger partial charge in [-0.2, -0.15) is 0 Å². The van der Waals surface area contributed by atoms with Crippen molar-refractivity contribution in [2.45, 2.75) is 19.7 Å². The van der Waals surface area contributed by atoms with Crippen LogP contribution in [0, 0.1) is 0 Å². The third-order valence-corrected chi connectivity index (χ3v) is 2.95. The molecule has 0 amide bonds. The molecule has 0 saturated heterocycles. The summed E-state index contributed by atoms with van der Waals surface area (Å²) in [5, 5.41) is 4.29. The van der Waals surface area contributed by atoms with Crippen molar-refractivity contribution in [2.24, 2.45) is 0 Å². The molecule has 0 radical (unpaired) electrons. The van der Waals surface area contributed by atoms with Gasteiger partial charge < -0.3 is 10.1 Å². The zero-order valence-corrected chi connectivity index (χ0v) is 11.4. The van der Waals surface area contributed by atoms with Crippen LogP contribution in [0.2, 0.25) is 0 Å². The molecule has 0 fully saturated rings. The Labute approximate surface area is 112 Å². The van der Waals surface area contributed by atoms with Crippen molar-refractivity contribution in [2.75, 3.05) is 18.5 Å². The molecule has 1 heterocycles. The number of benzene rings is 1. The Hall–Kier alpha value is -1.48. The lowest BCUT2D eigenvalue weighted by Crippen LogP contribution is -2.03. The summed E-state index contributed by atoms with van der Waals surface area (Å²) in [7, 11) is 0. The third-order valence-electron chi connectivity index (χ3n) is 2.66. The van der Waals surface area contributed by atoms with Gasteiger partial charge in [-0.05, 0) is 38.1 Å². The molecule has 1 N–H and O–H groups in total. The highest BCUT2D eigenvalue weighted by Crippen LogP contribution is 2.25. The van der Waals surface area contributed by atoms with E-state index in [1.807, 2.05) is 32.0 Å². The molecular weight excluding hydrogens is 248 g/mol. The van der Waals surface area contributed by atoms with Crippen LogP contribution in [-0.4, -0.2) is 18.1 Å². The third kappa shape index (κ3) is 2.67. The van der Waals surface area contributed by atoms with Crippen LogP contribution in [0.15, 0.2) is 24.3 Å². The minimum absolute atomic E-state index is 0.449. The molecule has 0 atom stereocenters. The highest BCUT2D eigenvalue weighted by molar-refractivity contribution is 6.17. The SMILES string of the molecule is CCNc1nc2ccc(OCC)cc2cc1CCl. The van der Waals surface area contributed by atoms with Crippen molar-refractivity contribution in [1.29, 1.82) is 0 Å². The summed E-state index contributed by atoms with van der Waals surface area (Å²) in [6.07, 6.45) is 0. The summed E-state index contributed by atoms with van der Waals surface area (Å²) < 4.78 is 5.49. The second kappa shape index (κ2) is 5.91. The summed E-state index contributed by atoms with van der Waals surface area (Å²) in [6, 6.07) is 7.97. The summed E-state index contributed by atoms with van der Waals surface area (Å²) in [6.45, 7) is 5.51. The average molecular weight is 265 g/mol. The van der Waals surface area contributed by atoms with Crippen molar-refractivity contribution in [1.82, 2.24) is 4.98 Å². The van der Waals surface area contributed by atoms with Crippen molar-refractivity contribution < 1.29 is 4.74 Å². The number of hydrogen-bond acceptors (Lipinski definition) is 3. The first-order chi connectivity index (χ1) is 8.78. The maximum atomic E-state index is 5.96. The van der Waals surface area contributed by atoms with Crippen molar-refractivity contribution >= 4 is 28.3 Å². The number of rotatable bonds is 5. The van der Waals surface area contributed by atoms with Gasteiger partial charge in [-0.3, -0.25) is 0 Å². The van der Waals surface area contributed by atoms with Gasteiger partial charge in [0.2, 0.25) is 0 Å². The Morgan fingerprint density at radius 2 is 2.11 bits per heavy atom. The Morgan fingerprint density at radius 1 is 1.28 bits per heavy atom. The van der Waals surface area contributed by atoms with Crippen molar-refractivity contribution in [3.8, 4) is 5.75 Å². The monoisotopic (exact) mass is 264 g/mol. The van der Waals surface area contributed by atoms with Gasteiger partial charge in [0.25, 0.3) is 0 Å². The van der Waals surface area contributed by atoms with Crippen LogP contribution >= 0.6 is 11.6 Å². The quantitative estimate of drug-likeness (QED) is 0.834. The van der Waals surface area contributed by atoms with E-state index < -0.39 is 0 Å². The number of nitrogens with zero attached hydrogens (tertiary/aromatic N) is 1. The van der Waals surface area contributed by atoms with Gasteiger partial charge in [0.1, 0.15) is 11.6 Å². The fourth-order valence-electron chi connectivity index (χ4n) is 1.88. The maximum absolute atomic E-state index is 5.96. The molecule has 1 aromatic carbocycles. The highest BCUT2D eigenvalue weighted by Gasteiger charge is 2.06. The van der Waals surface area contributed by atoms with Crippen LogP contribution in [-0.2, 0) is 5.88 Å². The van der Waals surface area contributed by atoms with E-state index in [9.17, 15) is 0 Å². The number of anilines is 1. The molecule has 0 aliphatic carbocycles. The number of alkyl halides is 1. The molecule has 0 unspecified atom stereocenters. The lowest BCUT2D eigenvalue weighted by Gasteiger charge is -2.10. The molecule has 0 bridgehead atoms. The van der Waals surface area contributed by atoms with E-state index in [-0.39, 0.29) is 0 Å². The van der Waals surface area contributed by atoms with Crippen LogP contribution in [0.5, 0.6) is 5.75 Å². The molecule has 0 aliphatic heterocycles. The first-order valence-corrected chi connectivity index (χ1v) is 6.68. The summed E-state index contributed by atoms with van der Waals surface area (Å²) in [5.74, 6) is 2.18. The molecule has 4 heteroatoms. The van der Waals surface area contributed by atoms with Crippen LogP contribution in [0.1, 0.15) is 19.4 Å². The number of nitrogens with one attached hydrogen (secondary N) is 1. The number of aromatic nitrogens is 1. The summed E-state index contributed by atoms with van der Waals surface area (Å²) in [5.41, 5.74) is 1.96.